The summed E-state index contributed by atoms with van der Waals surface area (Å²) in [6, 6.07) is 10.1. The molecule has 2 heterocycles. The van der Waals surface area contributed by atoms with Crippen molar-refractivity contribution in [2.24, 2.45) is 0 Å². The van der Waals surface area contributed by atoms with Crippen molar-refractivity contribution in [3.63, 3.8) is 0 Å². The lowest BCUT2D eigenvalue weighted by atomic mass is 10.2. The molecule has 1 aromatic carbocycles. The van der Waals surface area contributed by atoms with Gasteiger partial charge in [0.2, 0.25) is 5.91 Å². The highest BCUT2D eigenvalue weighted by atomic mass is 32.2. The van der Waals surface area contributed by atoms with Gasteiger partial charge >= 0.3 is 0 Å². The Morgan fingerprint density at radius 3 is 2.47 bits per heavy atom. The molecule has 0 bridgehead atoms. The molecule has 1 N–H and O–H groups in total. The standard InChI is InChI=1S/C25H37N7OS/c1-8-10-16-31-23(21(9-2)30(6)7)27-28-25(31)34-19(5)24(33)26-22-17(3)29-32(18(22)4)20-14-12-11-13-15-20/h11-15,19,21H,8-10,16H2,1-7H3,(H,26,33). The van der Waals surface area contributed by atoms with Crippen molar-refractivity contribution in [1.29, 1.82) is 0 Å². The van der Waals surface area contributed by atoms with Gasteiger partial charge in [0.25, 0.3) is 0 Å². The molecule has 2 aromatic heterocycles. The Labute approximate surface area is 207 Å². The van der Waals surface area contributed by atoms with E-state index >= 15 is 0 Å². The molecule has 1 amide bonds. The summed E-state index contributed by atoms with van der Waals surface area (Å²) < 4.78 is 4.05. The van der Waals surface area contributed by atoms with Crippen LogP contribution in [0.25, 0.3) is 5.69 Å². The second-order valence-electron chi connectivity index (χ2n) is 8.78. The maximum absolute atomic E-state index is 13.2. The van der Waals surface area contributed by atoms with E-state index in [1.165, 1.54) is 11.8 Å². The summed E-state index contributed by atoms with van der Waals surface area (Å²) >= 11 is 1.45. The second-order valence-corrected chi connectivity index (χ2v) is 10.1. The van der Waals surface area contributed by atoms with E-state index in [2.05, 4.69) is 58.0 Å². The summed E-state index contributed by atoms with van der Waals surface area (Å²) in [7, 11) is 4.13. The van der Waals surface area contributed by atoms with Crippen LogP contribution in [0.15, 0.2) is 35.5 Å². The zero-order valence-electron chi connectivity index (χ0n) is 21.4. The number of hydrogen-bond acceptors (Lipinski definition) is 6. The van der Waals surface area contributed by atoms with Gasteiger partial charge in [-0.3, -0.25) is 9.69 Å². The van der Waals surface area contributed by atoms with Gasteiger partial charge in [-0.05, 0) is 59.8 Å². The molecule has 9 heteroatoms. The summed E-state index contributed by atoms with van der Waals surface area (Å²) in [4.78, 5) is 15.3. The van der Waals surface area contributed by atoms with Crippen LogP contribution in [0.1, 0.15) is 63.3 Å². The quantitative estimate of drug-likeness (QED) is 0.386. The van der Waals surface area contributed by atoms with Crippen molar-refractivity contribution in [1.82, 2.24) is 29.4 Å². The van der Waals surface area contributed by atoms with Crippen molar-refractivity contribution in [2.45, 2.75) is 76.9 Å². The zero-order chi connectivity index (χ0) is 24.8. The highest BCUT2D eigenvalue weighted by Gasteiger charge is 2.25. The molecule has 0 radical (unpaired) electrons. The SMILES string of the molecule is CCCCn1c(SC(C)C(=O)Nc2c(C)nn(-c3ccccc3)c2C)nnc1C(CC)N(C)C. The number of rotatable bonds is 11. The first-order valence-electron chi connectivity index (χ1n) is 12.0. The van der Waals surface area contributed by atoms with Gasteiger partial charge in [-0.15, -0.1) is 10.2 Å². The van der Waals surface area contributed by atoms with Crippen molar-refractivity contribution < 1.29 is 4.79 Å². The van der Waals surface area contributed by atoms with Gasteiger partial charge in [0, 0.05) is 6.54 Å². The highest BCUT2D eigenvalue weighted by molar-refractivity contribution is 8.00. The number of benzene rings is 1. The highest BCUT2D eigenvalue weighted by Crippen LogP contribution is 2.29. The first kappa shape index (κ1) is 26.0. The van der Waals surface area contributed by atoms with Gasteiger partial charge in [0.1, 0.15) is 0 Å². The molecule has 0 saturated heterocycles. The fraction of sp³-hybridized carbons (Fsp3) is 0.520. The number of amides is 1. The van der Waals surface area contributed by atoms with Crippen LogP contribution in [0.2, 0.25) is 0 Å². The molecule has 0 fully saturated rings. The van der Waals surface area contributed by atoms with Crippen LogP contribution in [-0.2, 0) is 11.3 Å². The average Bonchev–Trinajstić information content (AvgIpc) is 3.33. The number of thioether (sulfide) groups is 1. The Balaban J connectivity index is 1.79. The molecule has 8 nitrogen and oxygen atoms in total. The molecule has 3 aromatic rings. The van der Waals surface area contributed by atoms with Crippen LogP contribution in [0, 0.1) is 13.8 Å². The largest absolute Gasteiger partial charge is 0.322 e. The summed E-state index contributed by atoms with van der Waals surface area (Å²) in [6.07, 6.45) is 3.07. The van der Waals surface area contributed by atoms with Crippen LogP contribution >= 0.6 is 11.8 Å². The molecule has 0 aliphatic heterocycles. The van der Waals surface area contributed by atoms with Gasteiger partial charge in [-0.25, -0.2) is 4.68 Å². The minimum absolute atomic E-state index is 0.0740. The number of nitrogens with one attached hydrogen (secondary N) is 1. The van der Waals surface area contributed by atoms with E-state index in [-0.39, 0.29) is 17.2 Å². The lowest BCUT2D eigenvalue weighted by molar-refractivity contribution is -0.115. The third-order valence-electron chi connectivity index (χ3n) is 5.98. The minimum atomic E-state index is -0.337. The predicted octanol–water partition coefficient (Wildman–Crippen LogP) is 5.01. The second kappa shape index (κ2) is 11.7. The number of anilines is 1. The summed E-state index contributed by atoms with van der Waals surface area (Å²) in [5.41, 5.74) is 3.42. The van der Waals surface area contributed by atoms with E-state index in [4.69, 9.17) is 0 Å². The average molecular weight is 484 g/mol. The fourth-order valence-corrected chi connectivity index (χ4v) is 4.90. The summed E-state index contributed by atoms with van der Waals surface area (Å²) in [6.45, 7) is 11.0. The van der Waals surface area contributed by atoms with Crippen molar-refractivity contribution in [3.05, 3.63) is 47.5 Å². The number of aromatic nitrogens is 5. The number of para-hydroxylation sites is 1. The number of carbonyl (C=O) groups is 1. The Morgan fingerprint density at radius 1 is 1.15 bits per heavy atom. The topological polar surface area (TPSA) is 80.9 Å². The number of aryl methyl sites for hydroxylation is 1. The first-order chi connectivity index (χ1) is 16.3. The van der Waals surface area contributed by atoms with E-state index in [1.54, 1.807) is 0 Å². The van der Waals surface area contributed by atoms with Gasteiger partial charge in [-0.1, -0.05) is 50.2 Å². The lowest BCUT2D eigenvalue weighted by Gasteiger charge is -2.23. The Bertz CT molecular complexity index is 1090. The van der Waals surface area contributed by atoms with E-state index in [1.807, 2.05) is 55.8 Å². The summed E-state index contributed by atoms with van der Waals surface area (Å²) in [5.74, 6) is 0.891. The van der Waals surface area contributed by atoms with Gasteiger partial charge in [0.15, 0.2) is 11.0 Å². The molecule has 3 rings (SSSR count). The molecular weight excluding hydrogens is 446 g/mol. The number of carbonyl (C=O) groups excluding carboxylic acids is 1. The van der Waals surface area contributed by atoms with Crippen LogP contribution in [0.3, 0.4) is 0 Å². The predicted molar refractivity (Wildman–Crippen MR) is 139 cm³/mol. The molecule has 34 heavy (non-hydrogen) atoms. The maximum Gasteiger partial charge on any atom is 0.237 e. The van der Waals surface area contributed by atoms with E-state index in [9.17, 15) is 4.79 Å². The molecule has 2 unspecified atom stereocenters. The van der Waals surface area contributed by atoms with Crippen LogP contribution in [-0.4, -0.2) is 54.7 Å². The number of nitrogens with zero attached hydrogens (tertiary/aromatic N) is 6. The normalized spacial score (nSPS) is 13.3. The fourth-order valence-electron chi connectivity index (χ4n) is 4.02. The Hall–Kier alpha value is -2.65. The van der Waals surface area contributed by atoms with Gasteiger partial charge in [-0.2, -0.15) is 5.10 Å². The maximum atomic E-state index is 13.2. The third kappa shape index (κ3) is 5.70. The van der Waals surface area contributed by atoms with Crippen molar-refractivity contribution in [3.8, 4) is 5.69 Å². The third-order valence-corrected chi connectivity index (χ3v) is 7.06. The van der Waals surface area contributed by atoms with Crippen LogP contribution < -0.4 is 5.32 Å². The monoisotopic (exact) mass is 483 g/mol. The molecule has 0 saturated carbocycles. The number of hydrogen-bond donors (Lipinski definition) is 1. The van der Waals surface area contributed by atoms with Crippen LogP contribution in [0.5, 0.6) is 0 Å². The van der Waals surface area contributed by atoms with E-state index < -0.39 is 0 Å². The van der Waals surface area contributed by atoms with Crippen LogP contribution in [0.4, 0.5) is 5.69 Å². The molecule has 2 atom stereocenters. The van der Waals surface area contributed by atoms with Gasteiger partial charge in [0.05, 0.1) is 34.1 Å². The minimum Gasteiger partial charge on any atom is -0.322 e. The van der Waals surface area contributed by atoms with E-state index in [0.29, 0.717) is 0 Å². The smallest absolute Gasteiger partial charge is 0.237 e. The van der Waals surface area contributed by atoms with Gasteiger partial charge < -0.3 is 9.88 Å². The molecule has 0 aliphatic rings. The molecular formula is C25H37N7OS. The Morgan fingerprint density at radius 2 is 1.85 bits per heavy atom. The first-order valence-corrected chi connectivity index (χ1v) is 12.8. The molecule has 0 spiro atoms. The lowest BCUT2D eigenvalue weighted by Crippen LogP contribution is -2.25. The van der Waals surface area contributed by atoms with Crippen molar-refractivity contribution >= 4 is 23.4 Å². The van der Waals surface area contributed by atoms with E-state index in [0.717, 1.165) is 59.6 Å². The number of unbranched alkanes of at least 4 members (excludes halogenated alkanes) is 1. The molecule has 0 aliphatic carbocycles. The molecule has 184 valence electrons. The summed E-state index contributed by atoms with van der Waals surface area (Å²) in [5, 5.41) is 17.2. The van der Waals surface area contributed by atoms with Crippen molar-refractivity contribution in [2.75, 3.05) is 19.4 Å². The zero-order valence-corrected chi connectivity index (χ0v) is 22.2. The Kier molecular flexibility index (Phi) is 8.90.